The van der Waals surface area contributed by atoms with E-state index in [0.29, 0.717) is 13.0 Å². The van der Waals surface area contributed by atoms with Crippen LogP contribution in [0.4, 0.5) is 5.69 Å². The largest absolute Gasteiger partial charge is 0.378 e. The monoisotopic (exact) mass is 291 g/mol. The van der Waals surface area contributed by atoms with E-state index in [2.05, 4.69) is 5.32 Å². The molecule has 3 N–H and O–H groups in total. The highest BCUT2D eigenvalue weighted by Gasteiger charge is 2.00. The first kappa shape index (κ1) is 16.7. The molecule has 0 radical (unpaired) electrons. The fourth-order valence-electron chi connectivity index (χ4n) is 1.63. The molecule has 1 rings (SSSR count). The van der Waals surface area contributed by atoms with Crippen molar-refractivity contribution >= 4 is 23.6 Å². The first-order valence-corrected chi connectivity index (χ1v) is 6.69. The van der Waals surface area contributed by atoms with Crippen LogP contribution >= 0.6 is 0 Å². The molecule has 0 aromatic heterocycles. The molecule has 0 aliphatic heterocycles. The quantitative estimate of drug-likeness (QED) is 0.305. The molecule has 0 spiro atoms. The lowest BCUT2D eigenvalue weighted by atomic mass is 10.2. The second-order valence-electron chi connectivity index (χ2n) is 4.75. The molecule has 6 heteroatoms. The van der Waals surface area contributed by atoms with Crippen molar-refractivity contribution in [1.29, 1.82) is 0 Å². The van der Waals surface area contributed by atoms with E-state index in [1.165, 1.54) is 6.08 Å². The topological polar surface area (TPSA) is 81.7 Å². The number of rotatable bonds is 7. The lowest BCUT2D eigenvalue weighted by Gasteiger charge is -2.11. The Morgan fingerprint density at radius 1 is 1.24 bits per heavy atom. The molecule has 0 aliphatic carbocycles. The Hall–Kier alpha value is -2.34. The Bertz CT molecular complexity index is 495. The number of hydrogen-bond acceptors (Lipinski definition) is 4. The van der Waals surface area contributed by atoms with Gasteiger partial charge in [0, 0.05) is 38.8 Å². The summed E-state index contributed by atoms with van der Waals surface area (Å²) in [6.45, 7) is 0.385. The predicted molar refractivity (Wildman–Crippen MR) is 82.0 cm³/mol. The summed E-state index contributed by atoms with van der Waals surface area (Å²) >= 11 is 0. The zero-order valence-electron chi connectivity index (χ0n) is 12.3. The molecule has 0 saturated heterocycles. The van der Waals surface area contributed by atoms with Crippen molar-refractivity contribution in [2.45, 2.75) is 12.8 Å². The Morgan fingerprint density at radius 2 is 1.90 bits per heavy atom. The zero-order chi connectivity index (χ0) is 15.7. The molecule has 0 fully saturated rings. The maximum Gasteiger partial charge on any atom is 0.243 e. The van der Waals surface area contributed by atoms with E-state index in [0.717, 1.165) is 11.3 Å². The van der Waals surface area contributed by atoms with E-state index < -0.39 is 5.91 Å². The maximum absolute atomic E-state index is 11.5. The van der Waals surface area contributed by atoms with Crippen LogP contribution in [0.1, 0.15) is 18.4 Å². The van der Waals surface area contributed by atoms with Gasteiger partial charge in [-0.25, -0.2) is 5.48 Å². The second-order valence-corrected chi connectivity index (χ2v) is 4.75. The Kier molecular flexibility index (Phi) is 6.97. The van der Waals surface area contributed by atoms with Crippen molar-refractivity contribution in [3.05, 3.63) is 35.9 Å². The Labute approximate surface area is 124 Å². The van der Waals surface area contributed by atoms with E-state index in [4.69, 9.17) is 5.21 Å². The molecular weight excluding hydrogens is 270 g/mol. The number of nitrogens with zero attached hydrogens (tertiary/aromatic N) is 1. The van der Waals surface area contributed by atoms with Crippen LogP contribution in [-0.2, 0) is 9.59 Å². The standard InChI is InChI=1S/C15H21N3O3/c1-18(2)13-8-5-12(6-9-13)7-10-14(19)16-11-3-4-15(20)17-21/h5-10,21H,3-4,11H2,1-2H3,(H,16,19)(H,17,20). The van der Waals surface area contributed by atoms with Crippen LogP contribution in [0.15, 0.2) is 30.3 Å². The van der Waals surface area contributed by atoms with Gasteiger partial charge in [-0.3, -0.25) is 14.8 Å². The van der Waals surface area contributed by atoms with Crippen LogP contribution in [0.25, 0.3) is 6.08 Å². The van der Waals surface area contributed by atoms with Gasteiger partial charge < -0.3 is 10.2 Å². The van der Waals surface area contributed by atoms with Crippen molar-refractivity contribution in [2.75, 3.05) is 25.5 Å². The van der Waals surface area contributed by atoms with Gasteiger partial charge in [-0.05, 0) is 30.2 Å². The lowest BCUT2D eigenvalue weighted by Crippen LogP contribution is -2.24. The third-order valence-corrected chi connectivity index (χ3v) is 2.84. The van der Waals surface area contributed by atoms with Crippen LogP contribution < -0.4 is 15.7 Å². The van der Waals surface area contributed by atoms with E-state index >= 15 is 0 Å². The summed E-state index contributed by atoms with van der Waals surface area (Å²) in [5.41, 5.74) is 3.58. The van der Waals surface area contributed by atoms with Crippen LogP contribution in [0.2, 0.25) is 0 Å². The highest BCUT2D eigenvalue weighted by molar-refractivity contribution is 5.91. The fourth-order valence-corrected chi connectivity index (χ4v) is 1.63. The normalized spacial score (nSPS) is 10.4. The molecule has 0 bridgehead atoms. The van der Waals surface area contributed by atoms with Crippen molar-refractivity contribution in [3.8, 4) is 0 Å². The summed E-state index contributed by atoms with van der Waals surface area (Å²) in [5, 5.41) is 11.0. The molecule has 0 unspecified atom stereocenters. The van der Waals surface area contributed by atoms with Gasteiger partial charge in [0.05, 0.1) is 0 Å². The highest BCUT2D eigenvalue weighted by Crippen LogP contribution is 2.12. The van der Waals surface area contributed by atoms with Crippen molar-refractivity contribution in [3.63, 3.8) is 0 Å². The first-order valence-electron chi connectivity index (χ1n) is 6.69. The number of hydrogen-bond donors (Lipinski definition) is 3. The minimum Gasteiger partial charge on any atom is -0.378 e. The second kappa shape index (κ2) is 8.76. The van der Waals surface area contributed by atoms with Gasteiger partial charge in [0.2, 0.25) is 11.8 Å². The first-order chi connectivity index (χ1) is 10.0. The Morgan fingerprint density at radius 3 is 2.48 bits per heavy atom. The summed E-state index contributed by atoms with van der Waals surface area (Å²) in [7, 11) is 3.94. The third-order valence-electron chi connectivity index (χ3n) is 2.84. The number of hydroxylamine groups is 1. The number of anilines is 1. The number of nitrogens with one attached hydrogen (secondary N) is 2. The maximum atomic E-state index is 11.5. The predicted octanol–water partition coefficient (Wildman–Crippen LogP) is 1.17. The SMILES string of the molecule is CN(C)c1ccc(C=CC(=O)NCCCC(=O)NO)cc1. The van der Waals surface area contributed by atoms with Gasteiger partial charge in [-0.2, -0.15) is 0 Å². The van der Waals surface area contributed by atoms with Gasteiger partial charge in [-0.15, -0.1) is 0 Å². The molecule has 6 nitrogen and oxygen atoms in total. The summed E-state index contributed by atoms with van der Waals surface area (Å²) < 4.78 is 0. The minimum absolute atomic E-state index is 0.173. The average molecular weight is 291 g/mol. The van der Waals surface area contributed by atoms with Crippen molar-refractivity contribution in [1.82, 2.24) is 10.8 Å². The summed E-state index contributed by atoms with van der Waals surface area (Å²) in [5.74, 6) is -0.670. The smallest absolute Gasteiger partial charge is 0.243 e. The lowest BCUT2D eigenvalue weighted by molar-refractivity contribution is -0.129. The van der Waals surface area contributed by atoms with Crippen LogP contribution in [-0.4, -0.2) is 37.7 Å². The third kappa shape index (κ3) is 6.58. The van der Waals surface area contributed by atoms with Gasteiger partial charge >= 0.3 is 0 Å². The summed E-state index contributed by atoms with van der Waals surface area (Å²) in [4.78, 5) is 24.3. The molecule has 21 heavy (non-hydrogen) atoms. The summed E-state index contributed by atoms with van der Waals surface area (Å²) in [6.07, 6.45) is 3.84. The molecule has 0 aliphatic rings. The fraction of sp³-hybridized carbons (Fsp3) is 0.333. The van der Waals surface area contributed by atoms with Crippen LogP contribution in [0.3, 0.4) is 0 Å². The molecule has 1 aromatic rings. The van der Waals surface area contributed by atoms with E-state index in [1.54, 1.807) is 11.6 Å². The van der Waals surface area contributed by atoms with E-state index in [1.807, 2.05) is 43.3 Å². The average Bonchev–Trinajstić information content (AvgIpc) is 2.49. The molecule has 0 atom stereocenters. The summed E-state index contributed by atoms with van der Waals surface area (Å²) in [6, 6.07) is 7.82. The molecule has 0 heterocycles. The van der Waals surface area contributed by atoms with Crippen LogP contribution in [0.5, 0.6) is 0 Å². The van der Waals surface area contributed by atoms with E-state index in [-0.39, 0.29) is 12.3 Å². The van der Waals surface area contributed by atoms with Gasteiger partial charge in [0.15, 0.2) is 0 Å². The van der Waals surface area contributed by atoms with Gasteiger partial charge in [-0.1, -0.05) is 12.1 Å². The van der Waals surface area contributed by atoms with Crippen molar-refractivity contribution < 1.29 is 14.8 Å². The molecule has 114 valence electrons. The highest BCUT2D eigenvalue weighted by atomic mass is 16.5. The number of amides is 2. The van der Waals surface area contributed by atoms with E-state index in [9.17, 15) is 9.59 Å². The molecule has 1 aromatic carbocycles. The Balaban J connectivity index is 2.35. The van der Waals surface area contributed by atoms with Crippen molar-refractivity contribution in [2.24, 2.45) is 0 Å². The van der Waals surface area contributed by atoms with Gasteiger partial charge in [0.1, 0.15) is 0 Å². The molecule has 2 amide bonds. The van der Waals surface area contributed by atoms with Gasteiger partial charge in [0.25, 0.3) is 0 Å². The molecule has 0 saturated carbocycles. The molecular formula is C15H21N3O3. The number of carbonyl (C=O) groups excluding carboxylic acids is 2. The minimum atomic E-state index is -0.458. The number of carbonyl (C=O) groups is 2. The zero-order valence-corrected chi connectivity index (χ0v) is 12.3. The number of benzene rings is 1. The van der Waals surface area contributed by atoms with Crippen LogP contribution in [0, 0.1) is 0 Å².